The minimum atomic E-state index is -3.51. The molecule has 0 aliphatic carbocycles. The van der Waals surface area contributed by atoms with Crippen molar-refractivity contribution in [3.63, 3.8) is 0 Å². The average molecular weight is 328 g/mol. The number of carbonyl (C=O) groups excluding carboxylic acids is 1. The maximum Gasteiger partial charge on any atom is 0.306 e. The maximum atomic E-state index is 11.6. The lowest BCUT2D eigenvalue weighted by atomic mass is 10.4. The molecule has 90 valence electrons. The van der Waals surface area contributed by atoms with Gasteiger partial charge in [-0.05, 0) is 28.1 Å². The summed E-state index contributed by atoms with van der Waals surface area (Å²) in [6.45, 7) is 0.0323. The van der Waals surface area contributed by atoms with Gasteiger partial charge in [-0.15, -0.1) is 11.3 Å². The number of hydrogen-bond acceptors (Lipinski definition) is 5. The number of ether oxygens (including phenoxy) is 1. The zero-order valence-corrected chi connectivity index (χ0v) is 11.6. The van der Waals surface area contributed by atoms with Gasteiger partial charge in [-0.3, -0.25) is 4.79 Å². The van der Waals surface area contributed by atoms with Gasteiger partial charge in [0.2, 0.25) is 10.0 Å². The number of methoxy groups -OCH3 is 1. The SMILES string of the molecule is COC(=O)CCNS(=O)(=O)c1ccc(Br)s1. The quantitative estimate of drug-likeness (QED) is 0.828. The van der Waals surface area contributed by atoms with Gasteiger partial charge >= 0.3 is 5.97 Å². The predicted octanol–water partition coefficient (Wildman–Crippen LogP) is 1.35. The van der Waals surface area contributed by atoms with Crippen LogP contribution in [0, 0.1) is 0 Å². The third-order valence-corrected chi connectivity index (χ3v) is 5.24. The summed E-state index contributed by atoms with van der Waals surface area (Å²) in [4.78, 5) is 10.8. The number of nitrogens with one attached hydrogen (secondary N) is 1. The zero-order chi connectivity index (χ0) is 12.2. The Morgan fingerprint density at radius 3 is 2.75 bits per heavy atom. The summed E-state index contributed by atoms with van der Waals surface area (Å²) in [6, 6.07) is 3.15. The summed E-state index contributed by atoms with van der Waals surface area (Å²) in [7, 11) is -2.26. The summed E-state index contributed by atoms with van der Waals surface area (Å²) < 4.78 is 30.9. The molecule has 0 aliphatic rings. The van der Waals surface area contributed by atoms with Gasteiger partial charge in [0.25, 0.3) is 0 Å². The fraction of sp³-hybridized carbons (Fsp3) is 0.375. The highest BCUT2D eigenvalue weighted by atomic mass is 79.9. The van der Waals surface area contributed by atoms with E-state index in [1.165, 1.54) is 13.2 Å². The summed E-state index contributed by atoms with van der Waals surface area (Å²) in [5.74, 6) is -0.449. The normalized spacial score (nSPS) is 11.4. The van der Waals surface area contributed by atoms with E-state index >= 15 is 0 Å². The third-order valence-electron chi connectivity index (χ3n) is 1.66. The molecule has 0 fully saturated rings. The van der Waals surface area contributed by atoms with Crippen LogP contribution in [0.4, 0.5) is 0 Å². The molecule has 0 atom stereocenters. The van der Waals surface area contributed by atoms with Crippen molar-refractivity contribution in [2.75, 3.05) is 13.7 Å². The van der Waals surface area contributed by atoms with E-state index in [1.807, 2.05) is 0 Å². The van der Waals surface area contributed by atoms with Crippen LogP contribution >= 0.6 is 27.3 Å². The largest absolute Gasteiger partial charge is 0.469 e. The highest BCUT2D eigenvalue weighted by Gasteiger charge is 2.16. The van der Waals surface area contributed by atoms with Gasteiger partial charge in [0.05, 0.1) is 17.3 Å². The summed E-state index contributed by atoms with van der Waals surface area (Å²) in [5.41, 5.74) is 0. The molecule has 1 rings (SSSR count). The summed E-state index contributed by atoms with van der Waals surface area (Å²) in [6.07, 6.45) is 0.0161. The van der Waals surface area contributed by atoms with E-state index in [4.69, 9.17) is 0 Å². The molecule has 1 heterocycles. The lowest BCUT2D eigenvalue weighted by Crippen LogP contribution is -2.25. The van der Waals surface area contributed by atoms with Gasteiger partial charge in [0.15, 0.2) is 0 Å². The number of sulfonamides is 1. The van der Waals surface area contributed by atoms with Crippen LogP contribution in [-0.4, -0.2) is 28.0 Å². The van der Waals surface area contributed by atoms with Crippen molar-refractivity contribution in [3.8, 4) is 0 Å². The van der Waals surface area contributed by atoms with Crippen molar-refractivity contribution in [3.05, 3.63) is 15.9 Å². The first-order chi connectivity index (χ1) is 7.45. The van der Waals surface area contributed by atoms with E-state index < -0.39 is 16.0 Å². The Morgan fingerprint density at radius 1 is 1.56 bits per heavy atom. The Kier molecular flexibility index (Phi) is 4.90. The molecule has 1 aromatic heterocycles. The first kappa shape index (κ1) is 13.6. The van der Waals surface area contributed by atoms with Crippen molar-refractivity contribution >= 4 is 43.3 Å². The molecule has 1 N–H and O–H groups in total. The van der Waals surface area contributed by atoms with Crippen LogP contribution in [0.15, 0.2) is 20.1 Å². The monoisotopic (exact) mass is 327 g/mol. The van der Waals surface area contributed by atoms with Gasteiger partial charge in [-0.2, -0.15) is 0 Å². The lowest BCUT2D eigenvalue weighted by Gasteiger charge is -2.03. The van der Waals surface area contributed by atoms with E-state index in [0.717, 1.165) is 15.1 Å². The van der Waals surface area contributed by atoms with E-state index in [-0.39, 0.29) is 17.2 Å². The van der Waals surface area contributed by atoms with Gasteiger partial charge in [-0.25, -0.2) is 13.1 Å². The number of halogens is 1. The molecule has 0 bridgehead atoms. The Labute approximate surface area is 106 Å². The molecule has 0 spiro atoms. The first-order valence-electron chi connectivity index (χ1n) is 4.27. The number of rotatable bonds is 5. The number of carbonyl (C=O) groups is 1. The van der Waals surface area contributed by atoms with E-state index in [0.29, 0.717) is 0 Å². The van der Waals surface area contributed by atoms with E-state index in [9.17, 15) is 13.2 Å². The molecule has 5 nitrogen and oxygen atoms in total. The minimum absolute atomic E-state index is 0.0161. The Morgan fingerprint density at radius 2 is 2.25 bits per heavy atom. The van der Waals surface area contributed by atoms with Crippen LogP contribution in [0.25, 0.3) is 0 Å². The highest BCUT2D eigenvalue weighted by molar-refractivity contribution is 9.11. The van der Waals surface area contributed by atoms with Crippen molar-refractivity contribution in [1.29, 1.82) is 0 Å². The smallest absolute Gasteiger partial charge is 0.306 e. The zero-order valence-electron chi connectivity index (χ0n) is 8.40. The van der Waals surface area contributed by atoms with Crippen molar-refractivity contribution in [2.45, 2.75) is 10.6 Å². The number of esters is 1. The Hall–Kier alpha value is -0.440. The van der Waals surface area contributed by atoms with Gasteiger partial charge in [0.1, 0.15) is 4.21 Å². The predicted molar refractivity (Wildman–Crippen MR) is 63.8 cm³/mol. The van der Waals surface area contributed by atoms with Crippen LogP contribution in [-0.2, 0) is 19.6 Å². The average Bonchev–Trinajstić information content (AvgIpc) is 2.65. The lowest BCUT2D eigenvalue weighted by molar-refractivity contribution is -0.140. The molecule has 0 amide bonds. The standard InChI is InChI=1S/C8H10BrNO4S2/c1-14-7(11)4-5-10-16(12,13)8-3-2-6(9)15-8/h2-3,10H,4-5H2,1H3. The number of thiophene rings is 1. The van der Waals surface area contributed by atoms with Crippen LogP contribution in [0.2, 0.25) is 0 Å². The highest BCUT2D eigenvalue weighted by Crippen LogP contribution is 2.25. The molecule has 16 heavy (non-hydrogen) atoms. The second kappa shape index (κ2) is 5.76. The van der Waals surface area contributed by atoms with Crippen LogP contribution in [0.3, 0.4) is 0 Å². The topological polar surface area (TPSA) is 72.5 Å². The molecular weight excluding hydrogens is 318 g/mol. The molecule has 0 unspecified atom stereocenters. The van der Waals surface area contributed by atoms with Crippen LogP contribution in [0.1, 0.15) is 6.42 Å². The second-order valence-electron chi connectivity index (χ2n) is 2.78. The molecule has 0 radical (unpaired) electrons. The second-order valence-corrected chi connectivity index (χ2v) is 7.24. The van der Waals surface area contributed by atoms with E-state index in [1.54, 1.807) is 6.07 Å². The molecule has 0 saturated carbocycles. The minimum Gasteiger partial charge on any atom is -0.469 e. The molecule has 0 saturated heterocycles. The third kappa shape index (κ3) is 3.85. The molecule has 8 heteroatoms. The molecule has 1 aromatic rings. The molecule has 0 aliphatic heterocycles. The Balaban J connectivity index is 2.56. The fourth-order valence-electron chi connectivity index (χ4n) is 0.903. The molecule has 0 aromatic carbocycles. The van der Waals surface area contributed by atoms with Gasteiger partial charge in [-0.1, -0.05) is 0 Å². The van der Waals surface area contributed by atoms with Gasteiger partial charge < -0.3 is 4.74 Å². The van der Waals surface area contributed by atoms with Gasteiger partial charge in [0, 0.05) is 6.54 Å². The first-order valence-corrected chi connectivity index (χ1v) is 7.37. The number of hydrogen-bond donors (Lipinski definition) is 1. The van der Waals surface area contributed by atoms with Crippen LogP contribution in [0.5, 0.6) is 0 Å². The Bertz CT molecular complexity index is 468. The van der Waals surface area contributed by atoms with Crippen molar-refractivity contribution in [2.24, 2.45) is 0 Å². The van der Waals surface area contributed by atoms with Crippen LogP contribution < -0.4 is 4.72 Å². The van der Waals surface area contributed by atoms with E-state index in [2.05, 4.69) is 25.4 Å². The molecular formula is C8H10BrNO4S2. The summed E-state index contributed by atoms with van der Waals surface area (Å²) in [5, 5.41) is 0. The maximum absolute atomic E-state index is 11.6. The van der Waals surface area contributed by atoms with Crippen molar-refractivity contribution < 1.29 is 17.9 Å². The summed E-state index contributed by atoms with van der Waals surface area (Å²) >= 11 is 4.29. The fourth-order valence-corrected chi connectivity index (χ4v) is 3.99. The van der Waals surface area contributed by atoms with Crippen molar-refractivity contribution in [1.82, 2.24) is 4.72 Å².